The van der Waals surface area contributed by atoms with E-state index in [0.29, 0.717) is 24.6 Å². The van der Waals surface area contributed by atoms with Crippen molar-refractivity contribution in [2.24, 2.45) is 0 Å². The Labute approximate surface area is 89.5 Å². The molecule has 1 aromatic heterocycles. The Morgan fingerprint density at radius 1 is 1.33 bits per heavy atom. The van der Waals surface area contributed by atoms with Crippen molar-refractivity contribution in [1.82, 2.24) is 15.1 Å². The summed E-state index contributed by atoms with van der Waals surface area (Å²) in [7, 11) is 1.76. The number of nitrogens with one attached hydrogen (secondary N) is 1. The van der Waals surface area contributed by atoms with Crippen LogP contribution in [-0.2, 0) is 0 Å². The van der Waals surface area contributed by atoms with Crippen LogP contribution in [0.4, 0.5) is 5.82 Å². The summed E-state index contributed by atoms with van der Waals surface area (Å²) < 4.78 is 0. The molecule has 1 rings (SSSR count). The van der Waals surface area contributed by atoms with Crippen molar-refractivity contribution in [1.29, 1.82) is 0 Å². The molecule has 0 unspecified atom stereocenters. The van der Waals surface area contributed by atoms with E-state index in [1.165, 1.54) is 0 Å². The molecule has 0 bridgehead atoms. The fourth-order valence-electron chi connectivity index (χ4n) is 1.25. The predicted octanol–water partition coefficient (Wildman–Crippen LogP) is 1.00. The fraction of sp³-hybridized carbons (Fsp3) is 0.500. The summed E-state index contributed by atoms with van der Waals surface area (Å²) in [6.07, 6.45) is 0. The van der Waals surface area contributed by atoms with Gasteiger partial charge in [0.05, 0.1) is 0 Å². The van der Waals surface area contributed by atoms with E-state index < -0.39 is 0 Å². The van der Waals surface area contributed by atoms with Crippen LogP contribution in [0.15, 0.2) is 12.1 Å². The van der Waals surface area contributed by atoms with E-state index in [2.05, 4.69) is 15.5 Å². The van der Waals surface area contributed by atoms with Crippen molar-refractivity contribution in [2.45, 2.75) is 13.8 Å². The SMILES string of the molecule is CCN(CC)C(=O)c1ccc(NC)nn1. The van der Waals surface area contributed by atoms with Crippen molar-refractivity contribution >= 4 is 11.7 Å². The molecule has 0 aliphatic carbocycles. The summed E-state index contributed by atoms with van der Waals surface area (Å²) in [5.41, 5.74) is 0.387. The van der Waals surface area contributed by atoms with E-state index in [-0.39, 0.29) is 5.91 Å². The Hall–Kier alpha value is -1.65. The maximum Gasteiger partial charge on any atom is 0.274 e. The first-order chi connectivity index (χ1) is 7.22. The molecule has 1 aromatic rings. The molecule has 0 aromatic carbocycles. The van der Waals surface area contributed by atoms with Crippen LogP contribution in [0.3, 0.4) is 0 Å². The summed E-state index contributed by atoms with van der Waals surface area (Å²) in [4.78, 5) is 13.5. The average molecular weight is 208 g/mol. The second-order valence-corrected chi connectivity index (χ2v) is 3.03. The Morgan fingerprint density at radius 3 is 2.40 bits per heavy atom. The Morgan fingerprint density at radius 2 is 2.00 bits per heavy atom. The van der Waals surface area contributed by atoms with Crippen molar-refractivity contribution in [3.05, 3.63) is 17.8 Å². The van der Waals surface area contributed by atoms with Crippen molar-refractivity contribution < 1.29 is 4.79 Å². The molecular weight excluding hydrogens is 192 g/mol. The van der Waals surface area contributed by atoms with Gasteiger partial charge in [-0.15, -0.1) is 10.2 Å². The van der Waals surface area contributed by atoms with Gasteiger partial charge in [-0.3, -0.25) is 4.79 Å². The standard InChI is InChI=1S/C10H16N4O/c1-4-14(5-2)10(15)8-6-7-9(11-3)13-12-8/h6-7H,4-5H2,1-3H3,(H,11,13). The highest BCUT2D eigenvalue weighted by atomic mass is 16.2. The van der Waals surface area contributed by atoms with Gasteiger partial charge in [0, 0.05) is 20.1 Å². The molecule has 0 saturated carbocycles. The quantitative estimate of drug-likeness (QED) is 0.802. The lowest BCUT2D eigenvalue weighted by atomic mass is 10.3. The van der Waals surface area contributed by atoms with Crippen LogP contribution in [0.1, 0.15) is 24.3 Å². The third-order valence-electron chi connectivity index (χ3n) is 2.19. The van der Waals surface area contributed by atoms with Gasteiger partial charge < -0.3 is 10.2 Å². The van der Waals surface area contributed by atoms with E-state index in [9.17, 15) is 4.79 Å². The molecule has 1 heterocycles. The average Bonchev–Trinajstić information content (AvgIpc) is 2.30. The van der Waals surface area contributed by atoms with Gasteiger partial charge in [-0.1, -0.05) is 0 Å². The van der Waals surface area contributed by atoms with Crippen LogP contribution >= 0.6 is 0 Å². The summed E-state index contributed by atoms with van der Waals surface area (Å²) in [5.74, 6) is 0.584. The van der Waals surface area contributed by atoms with Crippen molar-refractivity contribution in [2.75, 3.05) is 25.5 Å². The third kappa shape index (κ3) is 2.65. The van der Waals surface area contributed by atoms with Gasteiger partial charge in [0.2, 0.25) is 0 Å². The van der Waals surface area contributed by atoms with Gasteiger partial charge in [-0.2, -0.15) is 0 Å². The van der Waals surface area contributed by atoms with Crippen LogP contribution in [0.5, 0.6) is 0 Å². The molecule has 1 amide bonds. The molecule has 0 spiro atoms. The largest absolute Gasteiger partial charge is 0.372 e. The molecule has 1 N–H and O–H groups in total. The zero-order valence-electron chi connectivity index (χ0n) is 9.32. The summed E-state index contributed by atoms with van der Waals surface area (Å²) in [6.45, 7) is 5.25. The van der Waals surface area contributed by atoms with E-state index >= 15 is 0 Å². The highest BCUT2D eigenvalue weighted by Gasteiger charge is 2.13. The number of rotatable bonds is 4. The Balaban J connectivity index is 2.82. The third-order valence-corrected chi connectivity index (χ3v) is 2.19. The van der Waals surface area contributed by atoms with E-state index in [1.54, 1.807) is 24.1 Å². The zero-order chi connectivity index (χ0) is 11.3. The fourth-order valence-corrected chi connectivity index (χ4v) is 1.25. The van der Waals surface area contributed by atoms with Gasteiger partial charge in [0.25, 0.3) is 5.91 Å². The van der Waals surface area contributed by atoms with Gasteiger partial charge in [0.15, 0.2) is 5.69 Å². The minimum Gasteiger partial charge on any atom is -0.372 e. The second-order valence-electron chi connectivity index (χ2n) is 3.03. The number of carbonyl (C=O) groups is 1. The van der Waals surface area contributed by atoms with E-state index in [4.69, 9.17) is 0 Å². The molecule has 5 nitrogen and oxygen atoms in total. The minimum absolute atomic E-state index is 0.0739. The van der Waals surface area contributed by atoms with Crippen molar-refractivity contribution in [3.8, 4) is 0 Å². The van der Waals surface area contributed by atoms with Gasteiger partial charge in [0.1, 0.15) is 5.82 Å². The Kier molecular flexibility index (Phi) is 4.03. The number of carbonyl (C=O) groups excluding carboxylic acids is 1. The number of aromatic nitrogens is 2. The van der Waals surface area contributed by atoms with Gasteiger partial charge >= 0.3 is 0 Å². The van der Waals surface area contributed by atoms with Crippen LogP contribution in [0, 0.1) is 0 Å². The first-order valence-electron chi connectivity index (χ1n) is 5.03. The first kappa shape index (κ1) is 11.4. The highest BCUT2D eigenvalue weighted by Crippen LogP contribution is 2.04. The molecule has 0 saturated heterocycles. The molecule has 0 radical (unpaired) electrons. The number of amides is 1. The van der Waals surface area contributed by atoms with E-state index in [0.717, 1.165) is 0 Å². The molecule has 82 valence electrons. The Bertz CT molecular complexity index is 319. The summed E-state index contributed by atoms with van der Waals surface area (Å²) >= 11 is 0. The number of hydrogen-bond donors (Lipinski definition) is 1. The van der Waals surface area contributed by atoms with E-state index in [1.807, 2.05) is 13.8 Å². The lowest BCUT2D eigenvalue weighted by Gasteiger charge is -2.17. The number of hydrogen-bond acceptors (Lipinski definition) is 4. The molecule has 0 aliphatic rings. The van der Waals surface area contributed by atoms with Gasteiger partial charge in [-0.05, 0) is 26.0 Å². The van der Waals surface area contributed by atoms with Crippen molar-refractivity contribution in [3.63, 3.8) is 0 Å². The molecule has 0 atom stereocenters. The monoisotopic (exact) mass is 208 g/mol. The smallest absolute Gasteiger partial charge is 0.274 e. The first-order valence-corrected chi connectivity index (χ1v) is 5.03. The molecule has 5 heteroatoms. The summed E-state index contributed by atoms with van der Waals surface area (Å²) in [6, 6.07) is 3.42. The lowest BCUT2D eigenvalue weighted by molar-refractivity contribution is 0.0766. The number of nitrogens with zero attached hydrogens (tertiary/aromatic N) is 3. The molecule has 0 fully saturated rings. The van der Waals surface area contributed by atoms with Crippen LogP contribution in [-0.4, -0.2) is 41.1 Å². The van der Waals surface area contributed by atoms with Crippen LogP contribution < -0.4 is 5.32 Å². The van der Waals surface area contributed by atoms with Crippen LogP contribution in [0.25, 0.3) is 0 Å². The molecular formula is C10H16N4O. The second kappa shape index (κ2) is 5.29. The molecule has 0 aliphatic heterocycles. The lowest BCUT2D eigenvalue weighted by Crippen LogP contribution is -2.31. The highest BCUT2D eigenvalue weighted by molar-refractivity contribution is 5.92. The topological polar surface area (TPSA) is 58.1 Å². The summed E-state index contributed by atoms with van der Waals surface area (Å²) in [5, 5.41) is 10.6. The van der Waals surface area contributed by atoms with Gasteiger partial charge in [-0.25, -0.2) is 0 Å². The normalized spacial score (nSPS) is 9.80. The minimum atomic E-state index is -0.0739. The zero-order valence-corrected chi connectivity index (χ0v) is 9.32. The maximum atomic E-state index is 11.8. The maximum absolute atomic E-state index is 11.8. The van der Waals surface area contributed by atoms with Crippen LogP contribution in [0.2, 0.25) is 0 Å². The predicted molar refractivity (Wildman–Crippen MR) is 58.8 cm³/mol. The number of anilines is 1. The molecule has 15 heavy (non-hydrogen) atoms.